The SMILES string of the molecule is CC/C=N\C(=N)N1CCN(C(=O)CCCCc2cc(C(F)(F)F)c(=O)[nH]n2)CC1. The number of aliphatic imine (C=N–C) groups is 1. The van der Waals surface area contributed by atoms with Gasteiger partial charge in [0, 0.05) is 38.8 Å². The Morgan fingerprint density at radius 2 is 1.93 bits per heavy atom. The monoisotopic (exact) mass is 414 g/mol. The number of H-pyrrole nitrogens is 1. The summed E-state index contributed by atoms with van der Waals surface area (Å²) in [6.07, 6.45) is -0.756. The Bertz CT molecular complexity index is 798. The number of guanidine groups is 1. The van der Waals surface area contributed by atoms with Crippen LogP contribution in [0.5, 0.6) is 0 Å². The van der Waals surface area contributed by atoms with Gasteiger partial charge in [-0.2, -0.15) is 18.3 Å². The van der Waals surface area contributed by atoms with E-state index >= 15 is 0 Å². The van der Waals surface area contributed by atoms with Crippen LogP contribution in [0.4, 0.5) is 13.2 Å². The smallest absolute Gasteiger partial charge is 0.339 e. The van der Waals surface area contributed by atoms with Gasteiger partial charge in [0.25, 0.3) is 5.56 Å². The number of rotatable bonds is 6. The molecule has 160 valence electrons. The predicted octanol–water partition coefficient (Wildman–Crippen LogP) is 2.06. The molecule has 1 aromatic heterocycles. The summed E-state index contributed by atoms with van der Waals surface area (Å²) in [5, 5.41) is 13.4. The van der Waals surface area contributed by atoms with Crippen molar-refractivity contribution in [1.82, 2.24) is 20.0 Å². The molecule has 29 heavy (non-hydrogen) atoms. The predicted molar refractivity (Wildman–Crippen MR) is 102 cm³/mol. The van der Waals surface area contributed by atoms with Crippen LogP contribution in [-0.4, -0.2) is 64.3 Å². The number of piperazine rings is 1. The second-order valence-electron chi connectivity index (χ2n) is 6.72. The van der Waals surface area contributed by atoms with Crippen molar-refractivity contribution in [2.75, 3.05) is 26.2 Å². The molecule has 0 bridgehead atoms. The van der Waals surface area contributed by atoms with Crippen molar-refractivity contribution >= 4 is 18.1 Å². The maximum absolute atomic E-state index is 12.7. The highest BCUT2D eigenvalue weighted by atomic mass is 19.4. The van der Waals surface area contributed by atoms with Crippen molar-refractivity contribution in [2.45, 2.75) is 45.2 Å². The van der Waals surface area contributed by atoms with Gasteiger partial charge in [0.05, 0.1) is 5.69 Å². The maximum atomic E-state index is 12.7. The molecule has 8 nitrogen and oxygen atoms in total. The van der Waals surface area contributed by atoms with Gasteiger partial charge >= 0.3 is 6.18 Å². The second kappa shape index (κ2) is 10.2. The van der Waals surface area contributed by atoms with Crippen LogP contribution in [0.15, 0.2) is 15.9 Å². The molecule has 1 saturated heterocycles. The first kappa shape index (κ1) is 22.6. The zero-order chi connectivity index (χ0) is 21.4. The fourth-order valence-electron chi connectivity index (χ4n) is 2.95. The van der Waals surface area contributed by atoms with Gasteiger partial charge in [0.1, 0.15) is 5.56 Å². The molecule has 1 aliphatic rings. The van der Waals surface area contributed by atoms with E-state index in [0.717, 1.165) is 12.5 Å². The van der Waals surface area contributed by atoms with Crippen molar-refractivity contribution in [1.29, 1.82) is 5.41 Å². The van der Waals surface area contributed by atoms with Crippen LogP contribution in [-0.2, 0) is 17.4 Å². The molecule has 1 aliphatic heterocycles. The van der Waals surface area contributed by atoms with Gasteiger partial charge < -0.3 is 9.80 Å². The van der Waals surface area contributed by atoms with Crippen LogP contribution in [0.1, 0.15) is 43.9 Å². The summed E-state index contributed by atoms with van der Waals surface area (Å²) in [4.78, 5) is 31.1. The Morgan fingerprint density at radius 1 is 1.28 bits per heavy atom. The quantitative estimate of drug-likeness (QED) is 0.422. The fraction of sp³-hybridized carbons (Fsp3) is 0.611. The standard InChI is InChI=1S/C18H25F3N6O2/c1-2-7-23-17(22)27-10-8-26(9-11-27)15(28)6-4-3-5-13-12-14(18(19,20)21)16(29)25-24-13/h7,12,22H,2-6,8-11H2,1H3,(H,25,29)/b22-17?,23-7-. The summed E-state index contributed by atoms with van der Waals surface area (Å²) in [6, 6.07) is 0.760. The normalized spacial score (nSPS) is 15.2. The largest absolute Gasteiger partial charge is 0.421 e. The lowest BCUT2D eigenvalue weighted by atomic mass is 10.1. The number of alkyl halides is 3. The first-order valence-corrected chi connectivity index (χ1v) is 9.52. The average molecular weight is 414 g/mol. The summed E-state index contributed by atoms with van der Waals surface area (Å²) in [5.74, 6) is 0.184. The molecular formula is C18H25F3N6O2. The van der Waals surface area contributed by atoms with Gasteiger partial charge in [0.15, 0.2) is 0 Å². The molecular weight excluding hydrogens is 389 g/mol. The van der Waals surface area contributed by atoms with Crippen LogP contribution in [0.25, 0.3) is 0 Å². The van der Waals surface area contributed by atoms with Gasteiger partial charge in [-0.05, 0) is 31.7 Å². The van der Waals surface area contributed by atoms with Gasteiger partial charge in [-0.1, -0.05) is 6.92 Å². The molecule has 1 aromatic rings. The summed E-state index contributed by atoms with van der Waals surface area (Å²) in [7, 11) is 0. The molecule has 0 unspecified atom stereocenters. The zero-order valence-electron chi connectivity index (χ0n) is 16.3. The molecule has 2 N–H and O–H groups in total. The number of amides is 1. The van der Waals surface area contributed by atoms with E-state index in [-0.39, 0.29) is 24.0 Å². The minimum Gasteiger partial charge on any atom is -0.339 e. The van der Waals surface area contributed by atoms with Gasteiger partial charge in [-0.3, -0.25) is 15.0 Å². The van der Waals surface area contributed by atoms with E-state index in [2.05, 4.69) is 10.1 Å². The molecule has 1 amide bonds. The van der Waals surface area contributed by atoms with Crippen molar-refractivity contribution in [3.05, 3.63) is 27.7 Å². The molecule has 2 heterocycles. The highest BCUT2D eigenvalue weighted by molar-refractivity contribution is 5.85. The van der Waals surface area contributed by atoms with E-state index in [0.29, 0.717) is 45.4 Å². The molecule has 0 aliphatic carbocycles. The molecule has 0 aromatic carbocycles. The van der Waals surface area contributed by atoms with Crippen molar-refractivity contribution < 1.29 is 18.0 Å². The van der Waals surface area contributed by atoms with Crippen LogP contribution < -0.4 is 5.56 Å². The topological polar surface area (TPSA) is 106 Å². The number of hydrogen-bond acceptors (Lipinski definition) is 4. The van der Waals surface area contributed by atoms with E-state index < -0.39 is 17.3 Å². The fourth-order valence-corrected chi connectivity index (χ4v) is 2.95. The molecule has 0 atom stereocenters. The summed E-state index contributed by atoms with van der Waals surface area (Å²) in [5.41, 5.74) is -2.38. The molecule has 1 fully saturated rings. The number of aryl methyl sites for hydroxylation is 1. The number of hydrogen-bond donors (Lipinski definition) is 2. The van der Waals surface area contributed by atoms with E-state index in [1.54, 1.807) is 11.1 Å². The van der Waals surface area contributed by atoms with E-state index in [4.69, 9.17) is 5.41 Å². The van der Waals surface area contributed by atoms with Crippen molar-refractivity contribution in [3.8, 4) is 0 Å². The van der Waals surface area contributed by atoms with E-state index in [1.165, 1.54) is 0 Å². The lowest BCUT2D eigenvalue weighted by molar-refractivity contribution is -0.139. The molecule has 11 heteroatoms. The Kier molecular flexibility index (Phi) is 7.91. The number of halogens is 3. The number of unbranched alkanes of at least 4 members (excludes halogenated alkanes) is 1. The highest BCUT2D eigenvalue weighted by Crippen LogP contribution is 2.26. The van der Waals surface area contributed by atoms with Crippen molar-refractivity contribution in [2.24, 2.45) is 4.99 Å². The third kappa shape index (κ3) is 6.68. The summed E-state index contributed by atoms with van der Waals surface area (Å²) < 4.78 is 38.2. The van der Waals surface area contributed by atoms with Crippen molar-refractivity contribution in [3.63, 3.8) is 0 Å². The molecule has 0 radical (unpaired) electrons. The number of carbonyl (C=O) groups excluding carboxylic acids is 1. The van der Waals surface area contributed by atoms with Crippen LogP contribution in [0.2, 0.25) is 0 Å². The number of nitrogens with one attached hydrogen (secondary N) is 2. The Morgan fingerprint density at radius 3 is 2.55 bits per heavy atom. The minimum atomic E-state index is -4.72. The molecule has 0 saturated carbocycles. The first-order chi connectivity index (χ1) is 13.7. The third-order valence-electron chi connectivity index (χ3n) is 4.56. The van der Waals surface area contributed by atoms with Gasteiger partial charge in [-0.25, -0.2) is 10.1 Å². The highest BCUT2D eigenvalue weighted by Gasteiger charge is 2.34. The number of carbonyl (C=O) groups is 1. The average Bonchev–Trinajstić information content (AvgIpc) is 2.69. The number of nitrogens with zero attached hydrogens (tertiary/aromatic N) is 4. The van der Waals surface area contributed by atoms with Crippen LogP contribution in [0.3, 0.4) is 0 Å². The molecule has 2 rings (SSSR count). The summed E-state index contributed by atoms with van der Waals surface area (Å²) >= 11 is 0. The van der Waals surface area contributed by atoms with E-state index in [1.807, 2.05) is 16.9 Å². The zero-order valence-corrected chi connectivity index (χ0v) is 16.3. The van der Waals surface area contributed by atoms with E-state index in [9.17, 15) is 22.8 Å². The van der Waals surface area contributed by atoms with Crippen LogP contribution in [0, 0.1) is 5.41 Å². The lowest BCUT2D eigenvalue weighted by Gasteiger charge is -2.35. The Labute approximate surface area is 166 Å². The first-order valence-electron chi connectivity index (χ1n) is 9.52. The second-order valence-corrected chi connectivity index (χ2v) is 6.72. The number of aromatic amines is 1. The Balaban J connectivity index is 1.74. The molecule has 0 spiro atoms. The number of aromatic nitrogens is 2. The third-order valence-corrected chi connectivity index (χ3v) is 4.56. The summed E-state index contributed by atoms with van der Waals surface area (Å²) in [6.45, 7) is 4.06. The van der Waals surface area contributed by atoms with Gasteiger partial charge in [-0.15, -0.1) is 0 Å². The van der Waals surface area contributed by atoms with Gasteiger partial charge in [0.2, 0.25) is 11.9 Å². The lowest BCUT2D eigenvalue weighted by Crippen LogP contribution is -2.50. The maximum Gasteiger partial charge on any atom is 0.421 e. The minimum absolute atomic E-state index is 0.0151. The Hall–Kier alpha value is -2.72. The van der Waals surface area contributed by atoms with Crippen LogP contribution >= 0.6 is 0 Å².